The van der Waals surface area contributed by atoms with E-state index in [1.54, 1.807) is 17.0 Å². The molecule has 146 valence electrons. The van der Waals surface area contributed by atoms with E-state index >= 15 is 0 Å². The third kappa shape index (κ3) is 3.30. The summed E-state index contributed by atoms with van der Waals surface area (Å²) in [6.45, 7) is 2.56. The first-order chi connectivity index (χ1) is 12.8. The van der Waals surface area contributed by atoms with Gasteiger partial charge in [0, 0.05) is 25.1 Å². The van der Waals surface area contributed by atoms with Crippen molar-refractivity contribution in [3.05, 3.63) is 35.9 Å². The molecule has 1 unspecified atom stereocenters. The number of amides is 1. The zero-order chi connectivity index (χ0) is 19.2. The summed E-state index contributed by atoms with van der Waals surface area (Å²) in [6, 6.07) is 2.30. The van der Waals surface area contributed by atoms with Crippen LogP contribution in [-0.4, -0.2) is 39.4 Å². The summed E-state index contributed by atoms with van der Waals surface area (Å²) < 4.78 is 47.1. The van der Waals surface area contributed by atoms with Crippen molar-refractivity contribution in [1.29, 1.82) is 0 Å². The molecule has 4 rings (SSSR count). The molecule has 1 saturated heterocycles. The van der Waals surface area contributed by atoms with Gasteiger partial charge in [-0.05, 0) is 38.3 Å². The van der Waals surface area contributed by atoms with Crippen LogP contribution in [0.15, 0.2) is 28.9 Å². The van der Waals surface area contributed by atoms with Crippen molar-refractivity contribution in [2.24, 2.45) is 0 Å². The molecule has 0 spiro atoms. The van der Waals surface area contributed by atoms with Gasteiger partial charge in [0.1, 0.15) is 11.6 Å². The van der Waals surface area contributed by atoms with Crippen molar-refractivity contribution in [2.75, 3.05) is 11.9 Å². The van der Waals surface area contributed by atoms with E-state index < -0.39 is 18.3 Å². The number of alkyl halides is 3. The van der Waals surface area contributed by atoms with Gasteiger partial charge in [-0.1, -0.05) is 0 Å². The van der Waals surface area contributed by atoms with Gasteiger partial charge in [-0.2, -0.15) is 18.3 Å². The van der Waals surface area contributed by atoms with Gasteiger partial charge in [-0.25, -0.2) is 4.68 Å². The summed E-state index contributed by atoms with van der Waals surface area (Å²) in [5.41, 5.74) is 0.0422. The molecule has 4 heterocycles. The molecule has 2 aromatic heterocycles. The molecule has 6 nitrogen and oxygen atoms in total. The predicted octanol–water partition coefficient (Wildman–Crippen LogP) is 4.15. The minimum absolute atomic E-state index is 0.0422. The van der Waals surface area contributed by atoms with Gasteiger partial charge in [-0.3, -0.25) is 4.79 Å². The van der Waals surface area contributed by atoms with Crippen LogP contribution in [0.2, 0.25) is 0 Å². The van der Waals surface area contributed by atoms with E-state index in [0.717, 1.165) is 23.9 Å². The minimum atomic E-state index is -4.48. The Hall–Kier alpha value is -2.45. The van der Waals surface area contributed by atoms with Gasteiger partial charge >= 0.3 is 6.18 Å². The van der Waals surface area contributed by atoms with E-state index in [2.05, 4.69) is 10.4 Å². The van der Waals surface area contributed by atoms with Crippen LogP contribution < -0.4 is 5.32 Å². The number of piperidine rings is 1. The zero-order valence-corrected chi connectivity index (χ0v) is 14.9. The third-order valence-corrected chi connectivity index (χ3v) is 5.36. The molecule has 1 fully saturated rings. The topological polar surface area (TPSA) is 63.3 Å². The maximum Gasteiger partial charge on any atom is 0.410 e. The number of fused-ring (bicyclic) bond motifs is 1. The first-order valence-corrected chi connectivity index (χ1v) is 9.12. The van der Waals surface area contributed by atoms with Crippen LogP contribution in [-0.2, 0) is 0 Å². The first-order valence-electron chi connectivity index (χ1n) is 9.12. The van der Waals surface area contributed by atoms with E-state index in [-0.39, 0.29) is 29.9 Å². The summed E-state index contributed by atoms with van der Waals surface area (Å²) >= 11 is 0. The van der Waals surface area contributed by atoms with Crippen LogP contribution in [0.4, 0.5) is 19.0 Å². The molecule has 9 heteroatoms. The number of halogens is 3. The second kappa shape index (κ2) is 6.61. The highest BCUT2D eigenvalue weighted by Crippen LogP contribution is 2.43. The van der Waals surface area contributed by atoms with Crippen molar-refractivity contribution in [1.82, 2.24) is 14.7 Å². The number of rotatable bonds is 2. The van der Waals surface area contributed by atoms with Crippen LogP contribution in [0, 0.1) is 0 Å². The second-order valence-electron chi connectivity index (χ2n) is 7.21. The number of furan rings is 1. The monoisotopic (exact) mass is 382 g/mol. The molecule has 3 atom stereocenters. The van der Waals surface area contributed by atoms with Crippen LogP contribution in [0.25, 0.3) is 0 Å². The largest absolute Gasteiger partial charge is 0.467 e. The Kier molecular flexibility index (Phi) is 4.39. The van der Waals surface area contributed by atoms with Crippen LogP contribution in [0.1, 0.15) is 60.9 Å². The molecule has 2 aliphatic rings. The molecule has 2 aliphatic heterocycles. The van der Waals surface area contributed by atoms with Gasteiger partial charge in [0.25, 0.3) is 5.91 Å². The van der Waals surface area contributed by atoms with E-state index in [0.29, 0.717) is 12.3 Å². The van der Waals surface area contributed by atoms with Crippen molar-refractivity contribution < 1.29 is 22.4 Å². The van der Waals surface area contributed by atoms with Gasteiger partial charge in [0.15, 0.2) is 11.7 Å². The number of carbonyl (C=O) groups excluding carboxylic acids is 1. The van der Waals surface area contributed by atoms with Crippen molar-refractivity contribution in [3.8, 4) is 0 Å². The lowest BCUT2D eigenvalue weighted by molar-refractivity contribution is -0.174. The van der Waals surface area contributed by atoms with E-state index in [1.165, 1.54) is 12.3 Å². The molecule has 0 aliphatic carbocycles. The fourth-order valence-corrected chi connectivity index (χ4v) is 3.90. The third-order valence-electron chi connectivity index (χ3n) is 5.36. The number of anilines is 1. The minimum Gasteiger partial charge on any atom is -0.467 e. The van der Waals surface area contributed by atoms with Crippen molar-refractivity contribution in [3.63, 3.8) is 0 Å². The predicted molar refractivity (Wildman–Crippen MR) is 91.4 cm³/mol. The second-order valence-corrected chi connectivity index (χ2v) is 7.21. The summed E-state index contributed by atoms with van der Waals surface area (Å²) in [6.07, 6.45) is -0.464. The number of nitrogens with one attached hydrogen (secondary N) is 1. The van der Waals surface area contributed by atoms with Gasteiger partial charge < -0.3 is 14.6 Å². The Morgan fingerprint density at radius 2 is 2.19 bits per heavy atom. The molecular formula is C18H21F3N4O2. The number of nitrogens with zero attached hydrogens (tertiary/aromatic N) is 3. The molecule has 1 amide bonds. The smallest absolute Gasteiger partial charge is 0.410 e. The Balaban J connectivity index is 1.66. The van der Waals surface area contributed by atoms with E-state index in [1.807, 2.05) is 6.92 Å². The normalized spacial score (nSPS) is 25.8. The average molecular weight is 382 g/mol. The molecule has 27 heavy (non-hydrogen) atoms. The molecule has 0 radical (unpaired) electrons. The summed E-state index contributed by atoms with van der Waals surface area (Å²) in [5.74, 6) is 0.286. The fourth-order valence-electron chi connectivity index (χ4n) is 3.90. The van der Waals surface area contributed by atoms with Gasteiger partial charge in [-0.15, -0.1) is 0 Å². The van der Waals surface area contributed by atoms with Crippen molar-refractivity contribution in [2.45, 2.75) is 56.9 Å². The quantitative estimate of drug-likeness (QED) is 0.848. The Morgan fingerprint density at radius 1 is 1.37 bits per heavy atom. The highest BCUT2D eigenvalue weighted by atomic mass is 19.4. The molecule has 1 N–H and O–H groups in total. The molecule has 0 saturated carbocycles. The number of hydrogen-bond donors (Lipinski definition) is 1. The lowest BCUT2D eigenvalue weighted by atomic mass is 10.0. The van der Waals surface area contributed by atoms with Crippen molar-refractivity contribution >= 4 is 11.7 Å². The van der Waals surface area contributed by atoms with E-state index in [4.69, 9.17) is 4.42 Å². The van der Waals surface area contributed by atoms with Gasteiger partial charge in [0.05, 0.1) is 12.3 Å². The first kappa shape index (κ1) is 17.9. The zero-order valence-electron chi connectivity index (χ0n) is 14.9. The maximum atomic E-state index is 13.6. The molecule has 2 aromatic rings. The number of hydrogen-bond acceptors (Lipinski definition) is 4. The Morgan fingerprint density at radius 3 is 2.85 bits per heavy atom. The molecule has 0 aromatic carbocycles. The highest BCUT2D eigenvalue weighted by Gasteiger charge is 2.47. The van der Waals surface area contributed by atoms with Crippen LogP contribution >= 0.6 is 0 Å². The van der Waals surface area contributed by atoms with Gasteiger partial charge in [0.2, 0.25) is 0 Å². The summed E-state index contributed by atoms with van der Waals surface area (Å²) in [7, 11) is 0. The standard InChI is InChI=1S/C18H21F3N4O2/c1-11-5-2-3-7-24(11)17(26)13-10-16-22-12(14-6-4-8-27-14)9-15(18(19,20)21)25(16)23-13/h4,6,8,10-12,15,22H,2-3,5,7,9H2,1H3/t11?,12-,15+/m1/s1. The molecular weight excluding hydrogens is 361 g/mol. The fraction of sp³-hybridized carbons (Fsp3) is 0.556. The average Bonchev–Trinajstić information content (AvgIpc) is 3.29. The van der Waals surface area contributed by atoms with Crippen LogP contribution in [0.3, 0.4) is 0 Å². The summed E-state index contributed by atoms with van der Waals surface area (Å²) in [4.78, 5) is 14.5. The number of likely N-dealkylation sites (tertiary alicyclic amines) is 1. The van der Waals surface area contributed by atoms with E-state index in [9.17, 15) is 18.0 Å². The maximum absolute atomic E-state index is 13.6. The highest BCUT2D eigenvalue weighted by molar-refractivity contribution is 5.93. The SMILES string of the molecule is CC1CCCCN1C(=O)c1cc2n(n1)[C@H](C(F)(F)F)C[C@H](c1ccco1)N2. The number of carbonyl (C=O) groups is 1. The number of aromatic nitrogens is 2. The Bertz CT molecular complexity index is 815. The molecule has 0 bridgehead atoms. The lowest BCUT2D eigenvalue weighted by Crippen LogP contribution is -2.42. The van der Waals surface area contributed by atoms with Crippen LogP contribution in [0.5, 0.6) is 0 Å². The summed E-state index contributed by atoms with van der Waals surface area (Å²) in [5, 5.41) is 7.06. The Labute approximate surface area is 154 Å². The lowest BCUT2D eigenvalue weighted by Gasteiger charge is -2.33.